The summed E-state index contributed by atoms with van der Waals surface area (Å²) in [6.45, 7) is 1.25. The summed E-state index contributed by atoms with van der Waals surface area (Å²) in [7, 11) is 1.51. The maximum atomic E-state index is 12.0. The minimum atomic E-state index is -0.427. The molecule has 1 fully saturated rings. The number of hydroxylamine groups is 2. The van der Waals surface area contributed by atoms with Crippen molar-refractivity contribution in [3.05, 3.63) is 24.0 Å². The highest BCUT2D eigenvalue weighted by atomic mass is 16.5. The van der Waals surface area contributed by atoms with Gasteiger partial charge < -0.3 is 15.0 Å². The van der Waals surface area contributed by atoms with E-state index in [-0.39, 0.29) is 5.91 Å². The molecule has 3 rings (SSSR count). The zero-order valence-corrected chi connectivity index (χ0v) is 13.0. The zero-order valence-electron chi connectivity index (χ0n) is 13.0. The van der Waals surface area contributed by atoms with Gasteiger partial charge in [0.05, 0.1) is 36.2 Å². The van der Waals surface area contributed by atoms with Gasteiger partial charge in [-0.05, 0) is 12.5 Å². The van der Waals surface area contributed by atoms with Crippen molar-refractivity contribution in [3.8, 4) is 0 Å². The second kappa shape index (κ2) is 6.87. The topological polar surface area (TPSA) is 108 Å². The molecule has 9 nitrogen and oxygen atoms in total. The summed E-state index contributed by atoms with van der Waals surface area (Å²) in [4.78, 5) is 35.4. The minimum Gasteiger partial charge on any atom is -0.352 e. The molecule has 1 unspecified atom stereocenters. The number of amides is 3. The number of nitrogens with one attached hydrogen (secondary N) is 1. The molecule has 2 bridgehead atoms. The number of carbonyl (C=O) groups is 3. The fourth-order valence-electron chi connectivity index (χ4n) is 2.73. The molecule has 2 N–H and O–H groups in total. The largest absolute Gasteiger partial charge is 0.352 e. The summed E-state index contributed by atoms with van der Waals surface area (Å²) in [6, 6.07) is -0.819. The van der Waals surface area contributed by atoms with E-state index in [2.05, 4.69) is 10.4 Å². The first kappa shape index (κ1) is 16.3. The summed E-state index contributed by atoms with van der Waals surface area (Å²) < 4.78 is 1.54. The molecule has 2 aliphatic heterocycles. The van der Waals surface area contributed by atoms with Crippen molar-refractivity contribution in [1.82, 2.24) is 25.1 Å². The third-order valence-corrected chi connectivity index (χ3v) is 3.99. The van der Waals surface area contributed by atoms with E-state index in [1.165, 1.54) is 18.4 Å². The van der Waals surface area contributed by atoms with Gasteiger partial charge in [-0.1, -0.05) is 6.32 Å². The molecule has 0 saturated carbocycles. The van der Waals surface area contributed by atoms with Gasteiger partial charge in [0.15, 0.2) is 7.28 Å². The molecular weight excluding hydrogens is 313 g/mol. The average molecular weight is 330 g/mol. The number of urea groups is 1. The summed E-state index contributed by atoms with van der Waals surface area (Å²) in [6.07, 6.45) is 6.87. The Morgan fingerprint density at radius 2 is 2.38 bits per heavy atom. The molecule has 0 spiro atoms. The van der Waals surface area contributed by atoms with E-state index >= 15 is 0 Å². The number of rotatable bonds is 7. The summed E-state index contributed by atoms with van der Waals surface area (Å²) in [5.41, 5.74) is 1.14. The van der Waals surface area contributed by atoms with Crippen LogP contribution >= 0.6 is 0 Å². The molecule has 1 aromatic heterocycles. The highest BCUT2D eigenvalue weighted by Gasteiger charge is 2.39. The lowest BCUT2D eigenvalue weighted by atomic mass is 9.76. The molecule has 1 radical (unpaired) electrons. The quantitative estimate of drug-likeness (QED) is 0.308. The molecule has 10 heteroatoms. The van der Waals surface area contributed by atoms with E-state index in [1.54, 1.807) is 17.0 Å². The molecule has 1 aromatic rings. The smallest absolute Gasteiger partial charge is 0.344 e. The van der Waals surface area contributed by atoms with Crippen molar-refractivity contribution >= 4 is 31.1 Å². The van der Waals surface area contributed by atoms with Gasteiger partial charge in [0.1, 0.15) is 0 Å². The van der Waals surface area contributed by atoms with Crippen LogP contribution < -0.4 is 5.32 Å². The van der Waals surface area contributed by atoms with Crippen LogP contribution in [0.5, 0.6) is 0 Å². The molecule has 3 heterocycles. The number of hydrogen-bond donors (Lipinski definition) is 2. The van der Waals surface area contributed by atoms with Crippen molar-refractivity contribution in [2.45, 2.75) is 18.8 Å². The summed E-state index contributed by atoms with van der Waals surface area (Å²) in [5.74, 6) is -0.244. The minimum absolute atomic E-state index is 0.244. The number of nitrogens with zero attached hydrogens (tertiary/aromatic N) is 4. The van der Waals surface area contributed by atoms with Gasteiger partial charge in [-0.15, -0.1) is 0 Å². The fourth-order valence-corrected chi connectivity index (χ4v) is 2.73. The van der Waals surface area contributed by atoms with E-state index in [0.29, 0.717) is 43.0 Å². The van der Waals surface area contributed by atoms with Crippen LogP contribution in [0.2, 0.25) is 6.32 Å². The van der Waals surface area contributed by atoms with E-state index in [9.17, 15) is 19.6 Å². The Balaban J connectivity index is 1.60. The Kier molecular flexibility index (Phi) is 4.65. The fraction of sp³-hybridized carbons (Fsp3) is 0.429. The number of aromatic nitrogens is 2. The predicted molar refractivity (Wildman–Crippen MR) is 85.1 cm³/mol. The van der Waals surface area contributed by atoms with E-state index in [1.807, 2.05) is 0 Å². The maximum absolute atomic E-state index is 12.0. The van der Waals surface area contributed by atoms with Gasteiger partial charge in [0, 0.05) is 19.3 Å². The lowest BCUT2D eigenvalue weighted by Gasteiger charge is -2.20. The molecular formula is C14H17BN5O4. The first-order valence-corrected chi connectivity index (χ1v) is 7.68. The third-order valence-electron chi connectivity index (χ3n) is 3.99. The van der Waals surface area contributed by atoms with E-state index < -0.39 is 12.1 Å². The number of hydrogen-bond acceptors (Lipinski definition) is 5. The predicted octanol–water partition coefficient (Wildman–Crippen LogP) is -0.334. The number of carbonyl (C=O) groups excluding carboxylic acids is 3. The Bertz CT molecular complexity index is 688. The van der Waals surface area contributed by atoms with Gasteiger partial charge in [0.2, 0.25) is 0 Å². The van der Waals surface area contributed by atoms with Crippen LogP contribution in [0, 0.1) is 0 Å². The molecule has 1 atom stereocenters. The van der Waals surface area contributed by atoms with Crippen molar-refractivity contribution in [2.75, 3.05) is 19.6 Å². The first-order valence-electron chi connectivity index (χ1n) is 7.68. The van der Waals surface area contributed by atoms with Crippen molar-refractivity contribution in [2.24, 2.45) is 0 Å². The molecule has 24 heavy (non-hydrogen) atoms. The first-order chi connectivity index (χ1) is 11.6. The normalized spacial score (nSPS) is 19.3. The summed E-state index contributed by atoms with van der Waals surface area (Å²) in [5, 5.41) is 17.3. The van der Waals surface area contributed by atoms with Crippen LogP contribution in [0.15, 0.2) is 18.5 Å². The van der Waals surface area contributed by atoms with Gasteiger partial charge in [-0.25, -0.2) is 9.48 Å². The highest BCUT2D eigenvalue weighted by molar-refractivity contribution is 6.66. The molecule has 3 amide bonds. The standard InChI is InChI=1S/C14H17BN5O4/c21-9-15-2-1-3-16-13(22)10-5-17-19(6-10)11-4-12-8-18(7-11)14(23)20(12)24/h4-6,9,12,24H,1-3,7-8H2,(H,16,22). The second-order valence-electron chi connectivity index (χ2n) is 5.68. The zero-order chi connectivity index (χ0) is 17.1. The Hall–Kier alpha value is -2.62. The van der Waals surface area contributed by atoms with Crippen LogP contribution in [-0.2, 0) is 4.79 Å². The van der Waals surface area contributed by atoms with Crippen LogP contribution in [0.1, 0.15) is 16.8 Å². The SMILES string of the molecule is O=C[B]CCCNC(=O)c1cnn(C2=CC3CN(C2)C(=O)N3O)c1. The average Bonchev–Trinajstić information content (AvgIpc) is 3.16. The lowest BCUT2D eigenvalue weighted by Crippen LogP contribution is -2.31. The second-order valence-corrected chi connectivity index (χ2v) is 5.68. The number of fused-ring (bicyclic) bond motifs is 2. The molecule has 1 saturated heterocycles. The Labute approximate surface area is 139 Å². The monoisotopic (exact) mass is 330 g/mol. The highest BCUT2D eigenvalue weighted by Crippen LogP contribution is 2.24. The molecule has 0 aliphatic carbocycles. The van der Waals surface area contributed by atoms with Crippen molar-refractivity contribution in [1.29, 1.82) is 0 Å². The maximum Gasteiger partial charge on any atom is 0.344 e. The summed E-state index contributed by atoms with van der Waals surface area (Å²) >= 11 is 0. The van der Waals surface area contributed by atoms with Gasteiger partial charge >= 0.3 is 6.03 Å². The third kappa shape index (κ3) is 3.18. The van der Waals surface area contributed by atoms with Crippen LogP contribution in [-0.4, -0.2) is 76.0 Å². The van der Waals surface area contributed by atoms with Gasteiger partial charge in [-0.3, -0.25) is 10.0 Å². The lowest BCUT2D eigenvalue weighted by molar-refractivity contribution is -0.0450. The van der Waals surface area contributed by atoms with E-state index in [0.717, 1.165) is 11.9 Å². The van der Waals surface area contributed by atoms with Crippen LogP contribution in [0.4, 0.5) is 4.79 Å². The van der Waals surface area contributed by atoms with Crippen molar-refractivity contribution < 1.29 is 19.6 Å². The molecule has 125 valence electrons. The van der Waals surface area contributed by atoms with E-state index in [4.69, 9.17) is 0 Å². The van der Waals surface area contributed by atoms with Crippen LogP contribution in [0.3, 0.4) is 0 Å². The van der Waals surface area contributed by atoms with Crippen LogP contribution in [0.25, 0.3) is 5.70 Å². The Morgan fingerprint density at radius 1 is 1.54 bits per heavy atom. The molecule has 2 aliphatic rings. The van der Waals surface area contributed by atoms with Gasteiger partial charge in [0.25, 0.3) is 5.91 Å². The molecule has 0 aromatic carbocycles. The van der Waals surface area contributed by atoms with Gasteiger partial charge in [-0.2, -0.15) is 10.2 Å². The Morgan fingerprint density at radius 3 is 3.12 bits per heavy atom. The van der Waals surface area contributed by atoms with Crippen molar-refractivity contribution in [3.63, 3.8) is 0 Å².